The highest BCUT2D eigenvalue weighted by atomic mass is 16.5. The summed E-state index contributed by atoms with van der Waals surface area (Å²) in [6.07, 6.45) is 6.87. The molecule has 1 aromatic rings. The van der Waals surface area contributed by atoms with Crippen LogP contribution in [-0.4, -0.2) is 29.7 Å². The molecular weight excluding hydrogens is 178 g/mol. The third-order valence-corrected chi connectivity index (χ3v) is 2.30. The van der Waals surface area contributed by atoms with Crippen LogP contribution < -0.4 is 10.1 Å². The van der Waals surface area contributed by atoms with Gasteiger partial charge >= 0.3 is 0 Å². The topological polar surface area (TPSA) is 47.0 Å². The predicted octanol–water partition coefficient (Wildman–Crippen LogP) is 0.780. The Labute approximate surface area is 83.7 Å². The number of nitrogens with one attached hydrogen (secondary N) is 1. The van der Waals surface area contributed by atoms with Gasteiger partial charge in [0, 0.05) is 31.4 Å². The van der Waals surface area contributed by atoms with Gasteiger partial charge in [-0.15, -0.1) is 0 Å². The fourth-order valence-corrected chi connectivity index (χ4v) is 1.38. The highest BCUT2D eigenvalue weighted by Crippen LogP contribution is 2.18. The van der Waals surface area contributed by atoms with Crippen molar-refractivity contribution in [2.45, 2.75) is 25.3 Å². The minimum absolute atomic E-state index is 0.644. The molecule has 0 saturated heterocycles. The molecule has 1 saturated carbocycles. The molecular formula is C10H15N3O. The normalized spacial score (nSPS) is 15.5. The van der Waals surface area contributed by atoms with Gasteiger partial charge in [-0.25, -0.2) is 4.98 Å². The molecule has 14 heavy (non-hydrogen) atoms. The number of methoxy groups -OCH3 is 1. The number of ether oxygens (including phenoxy) is 1. The van der Waals surface area contributed by atoms with Crippen LogP contribution in [0.5, 0.6) is 5.88 Å². The van der Waals surface area contributed by atoms with Crippen LogP contribution in [0.15, 0.2) is 12.4 Å². The Morgan fingerprint density at radius 2 is 2.21 bits per heavy atom. The highest BCUT2D eigenvalue weighted by Gasteiger charge is 2.19. The number of nitrogens with zero attached hydrogens (tertiary/aromatic N) is 2. The Bertz CT molecular complexity index is 299. The van der Waals surface area contributed by atoms with Gasteiger partial charge in [-0.2, -0.15) is 0 Å². The zero-order valence-corrected chi connectivity index (χ0v) is 8.36. The Morgan fingerprint density at radius 3 is 2.93 bits per heavy atom. The van der Waals surface area contributed by atoms with Crippen molar-refractivity contribution < 1.29 is 4.74 Å². The molecule has 1 aromatic heterocycles. The molecule has 0 aromatic carbocycles. The molecule has 0 unspecified atom stereocenters. The van der Waals surface area contributed by atoms with Crippen LogP contribution in [0, 0.1) is 0 Å². The van der Waals surface area contributed by atoms with Gasteiger partial charge in [-0.3, -0.25) is 4.98 Å². The molecule has 0 aliphatic heterocycles. The summed E-state index contributed by atoms with van der Waals surface area (Å²) in [5.41, 5.74) is 0.933. The van der Waals surface area contributed by atoms with Crippen molar-refractivity contribution in [1.29, 1.82) is 0 Å². The van der Waals surface area contributed by atoms with E-state index in [2.05, 4.69) is 15.3 Å². The van der Waals surface area contributed by atoms with Crippen LogP contribution in [0.25, 0.3) is 0 Å². The first-order chi connectivity index (χ1) is 6.90. The van der Waals surface area contributed by atoms with E-state index in [1.807, 2.05) is 0 Å². The van der Waals surface area contributed by atoms with Gasteiger partial charge in [-0.05, 0) is 12.8 Å². The third-order valence-electron chi connectivity index (χ3n) is 2.30. The van der Waals surface area contributed by atoms with Crippen molar-refractivity contribution in [3.05, 3.63) is 18.1 Å². The number of hydrogen-bond acceptors (Lipinski definition) is 4. The van der Waals surface area contributed by atoms with Crippen molar-refractivity contribution in [3.8, 4) is 5.88 Å². The Morgan fingerprint density at radius 1 is 1.43 bits per heavy atom. The van der Waals surface area contributed by atoms with Crippen LogP contribution in [0.1, 0.15) is 18.5 Å². The van der Waals surface area contributed by atoms with Gasteiger partial charge in [0.2, 0.25) is 5.88 Å². The summed E-state index contributed by atoms with van der Waals surface area (Å²) in [5, 5.41) is 3.43. The van der Waals surface area contributed by atoms with Crippen molar-refractivity contribution in [1.82, 2.24) is 15.3 Å². The molecule has 1 N–H and O–H groups in total. The van der Waals surface area contributed by atoms with E-state index >= 15 is 0 Å². The minimum atomic E-state index is 0.644. The smallest absolute Gasteiger partial charge is 0.235 e. The number of rotatable bonds is 5. The maximum atomic E-state index is 5.12. The summed E-state index contributed by atoms with van der Waals surface area (Å²) in [7, 11) is 1.63. The van der Waals surface area contributed by atoms with E-state index in [9.17, 15) is 0 Å². The van der Waals surface area contributed by atoms with Crippen molar-refractivity contribution in [2.75, 3.05) is 13.7 Å². The maximum Gasteiger partial charge on any atom is 0.235 e. The summed E-state index contributed by atoms with van der Waals surface area (Å²) < 4.78 is 5.12. The highest BCUT2D eigenvalue weighted by molar-refractivity contribution is 5.17. The number of hydrogen-bond donors (Lipinski definition) is 1. The van der Waals surface area contributed by atoms with Crippen molar-refractivity contribution in [3.63, 3.8) is 0 Å². The van der Waals surface area contributed by atoms with Gasteiger partial charge in [0.15, 0.2) is 0 Å². The summed E-state index contributed by atoms with van der Waals surface area (Å²) in [6, 6.07) is 0.748. The molecule has 0 spiro atoms. The lowest BCUT2D eigenvalue weighted by Gasteiger charge is -2.05. The van der Waals surface area contributed by atoms with E-state index in [0.717, 1.165) is 24.7 Å². The van der Waals surface area contributed by atoms with Gasteiger partial charge in [0.25, 0.3) is 0 Å². The maximum absolute atomic E-state index is 5.12. The average molecular weight is 193 g/mol. The fourth-order valence-electron chi connectivity index (χ4n) is 1.38. The van der Waals surface area contributed by atoms with Crippen molar-refractivity contribution in [2.24, 2.45) is 0 Å². The first kappa shape index (κ1) is 9.40. The van der Waals surface area contributed by atoms with Crippen molar-refractivity contribution >= 4 is 0 Å². The lowest BCUT2D eigenvalue weighted by Crippen LogP contribution is -2.20. The van der Waals surface area contributed by atoms with Crippen LogP contribution in [0.2, 0.25) is 0 Å². The molecule has 4 nitrogen and oxygen atoms in total. The Hall–Kier alpha value is -1.16. The second-order valence-electron chi connectivity index (χ2n) is 3.49. The predicted molar refractivity (Wildman–Crippen MR) is 53.3 cm³/mol. The standard InChI is InChI=1S/C10H15N3O/c1-14-10-9(12-6-7-13-10)4-5-11-8-2-3-8/h6-8,11H,2-5H2,1H3. The summed E-state index contributed by atoms with van der Waals surface area (Å²) >= 11 is 0. The Balaban J connectivity index is 1.86. The molecule has 1 heterocycles. The molecule has 2 rings (SSSR count). The van der Waals surface area contributed by atoms with E-state index < -0.39 is 0 Å². The zero-order valence-electron chi connectivity index (χ0n) is 8.36. The molecule has 1 fully saturated rings. The van der Waals surface area contributed by atoms with Crippen LogP contribution in [-0.2, 0) is 6.42 Å². The SMILES string of the molecule is COc1nccnc1CCNC1CC1. The van der Waals surface area contributed by atoms with Gasteiger partial charge in [0.05, 0.1) is 7.11 Å². The lowest BCUT2D eigenvalue weighted by molar-refractivity contribution is 0.388. The van der Waals surface area contributed by atoms with E-state index in [0.29, 0.717) is 5.88 Å². The first-order valence-electron chi connectivity index (χ1n) is 4.97. The van der Waals surface area contributed by atoms with Gasteiger partial charge in [0.1, 0.15) is 5.69 Å². The molecule has 0 radical (unpaired) electrons. The van der Waals surface area contributed by atoms with E-state index in [1.165, 1.54) is 12.8 Å². The summed E-state index contributed by atoms with van der Waals surface area (Å²) in [5.74, 6) is 0.644. The molecule has 4 heteroatoms. The molecule has 0 bridgehead atoms. The molecule has 1 aliphatic rings. The second-order valence-corrected chi connectivity index (χ2v) is 3.49. The van der Waals surface area contributed by atoms with Crippen LogP contribution in [0.4, 0.5) is 0 Å². The van der Waals surface area contributed by atoms with E-state index in [-0.39, 0.29) is 0 Å². The second kappa shape index (κ2) is 4.37. The van der Waals surface area contributed by atoms with Gasteiger partial charge in [-0.1, -0.05) is 0 Å². The average Bonchev–Trinajstić information content (AvgIpc) is 3.03. The molecule has 0 amide bonds. The van der Waals surface area contributed by atoms with E-state index in [1.54, 1.807) is 19.5 Å². The lowest BCUT2D eigenvalue weighted by atomic mass is 10.3. The molecule has 0 atom stereocenters. The zero-order chi connectivity index (χ0) is 9.80. The van der Waals surface area contributed by atoms with Gasteiger partial charge < -0.3 is 10.1 Å². The quantitative estimate of drug-likeness (QED) is 0.750. The minimum Gasteiger partial charge on any atom is -0.480 e. The summed E-state index contributed by atoms with van der Waals surface area (Å²) in [4.78, 5) is 8.34. The molecule has 1 aliphatic carbocycles. The fraction of sp³-hybridized carbons (Fsp3) is 0.600. The molecule has 76 valence electrons. The van der Waals surface area contributed by atoms with Crippen LogP contribution >= 0.6 is 0 Å². The number of aromatic nitrogens is 2. The summed E-state index contributed by atoms with van der Waals surface area (Å²) in [6.45, 7) is 0.958. The van der Waals surface area contributed by atoms with Crippen LogP contribution in [0.3, 0.4) is 0 Å². The first-order valence-corrected chi connectivity index (χ1v) is 4.97. The Kier molecular flexibility index (Phi) is 2.93. The largest absolute Gasteiger partial charge is 0.480 e. The third kappa shape index (κ3) is 2.42. The van der Waals surface area contributed by atoms with E-state index in [4.69, 9.17) is 4.74 Å². The monoisotopic (exact) mass is 193 g/mol.